The molecular weight excluding hydrogens is 312 g/mol. The lowest BCUT2D eigenvalue weighted by Crippen LogP contribution is -2.29. The van der Waals surface area contributed by atoms with Crippen LogP contribution in [0.1, 0.15) is 5.56 Å². The van der Waals surface area contributed by atoms with Gasteiger partial charge in [0, 0.05) is 18.3 Å². The van der Waals surface area contributed by atoms with Gasteiger partial charge in [-0.05, 0) is 23.8 Å². The van der Waals surface area contributed by atoms with Gasteiger partial charge in [-0.15, -0.1) is 0 Å². The number of benzene rings is 2. The summed E-state index contributed by atoms with van der Waals surface area (Å²) < 4.78 is 29.3. The standard InChI is InChI=1S/C16H16N4O2S/c21-23(22,18-12-13-5-2-1-3-6-13)20-15-8-4-7-14(11-15)16-9-10-17-19-16/h1-11,18,20H,12H2,(H,17,19). The van der Waals surface area contributed by atoms with Crippen molar-refractivity contribution < 1.29 is 8.42 Å². The van der Waals surface area contributed by atoms with Gasteiger partial charge in [0.15, 0.2) is 0 Å². The molecule has 2 aromatic carbocycles. The van der Waals surface area contributed by atoms with Crippen LogP contribution in [-0.2, 0) is 16.8 Å². The van der Waals surface area contributed by atoms with Crippen molar-refractivity contribution in [1.82, 2.24) is 14.9 Å². The highest BCUT2D eigenvalue weighted by Gasteiger charge is 2.10. The fourth-order valence-corrected chi connectivity index (χ4v) is 3.00. The van der Waals surface area contributed by atoms with Gasteiger partial charge < -0.3 is 0 Å². The number of anilines is 1. The van der Waals surface area contributed by atoms with E-state index in [2.05, 4.69) is 19.6 Å². The molecule has 0 saturated carbocycles. The Balaban J connectivity index is 1.69. The lowest BCUT2D eigenvalue weighted by atomic mass is 10.1. The second-order valence-electron chi connectivity index (χ2n) is 4.96. The Kier molecular flexibility index (Phi) is 4.40. The normalized spacial score (nSPS) is 11.3. The number of nitrogens with zero attached hydrogens (tertiary/aromatic N) is 1. The van der Waals surface area contributed by atoms with E-state index in [-0.39, 0.29) is 6.54 Å². The SMILES string of the molecule is O=S(=O)(NCc1ccccc1)Nc1cccc(-c2ccn[nH]2)c1. The summed E-state index contributed by atoms with van der Waals surface area (Å²) in [6.07, 6.45) is 1.65. The van der Waals surface area contributed by atoms with Crippen molar-refractivity contribution >= 4 is 15.9 Å². The van der Waals surface area contributed by atoms with Crippen molar-refractivity contribution in [3.63, 3.8) is 0 Å². The number of nitrogens with one attached hydrogen (secondary N) is 3. The van der Waals surface area contributed by atoms with Crippen LogP contribution < -0.4 is 9.44 Å². The molecule has 0 atom stereocenters. The maximum Gasteiger partial charge on any atom is 0.299 e. The molecule has 0 spiro atoms. The van der Waals surface area contributed by atoms with Crippen molar-refractivity contribution in [2.24, 2.45) is 0 Å². The molecule has 1 heterocycles. The van der Waals surface area contributed by atoms with E-state index >= 15 is 0 Å². The minimum atomic E-state index is -3.64. The Bertz CT molecular complexity index is 862. The first-order valence-electron chi connectivity index (χ1n) is 7.03. The molecule has 0 radical (unpaired) electrons. The molecule has 0 unspecified atom stereocenters. The Morgan fingerprint density at radius 2 is 1.83 bits per heavy atom. The first kappa shape index (κ1) is 15.3. The summed E-state index contributed by atoms with van der Waals surface area (Å²) in [6, 6.07) is 18.3. The maximum atomic E-state index is 12.1. The third-order valence-corrected chi connectivity index (χ3v) is 4.26. The van der Waals surface area contributed by atoms with Crippen LogP contribution in [-0.4, -0.2) is 18.6 Å². The van der Waals surface area contributed by atoms with Crippen molar-refractivity contribution in [3.8, 4) is 11.3 Å². The van der Waals surface area contributed by atoms with Gasteiger partial charge in [-0.2, -0.15) is 18.2 Å². The van der Waals surface area contributed by atoms with E-state index in [4.69, 9.17) is 0 Å². The molecule has 118 valence electrons. The largest absolute Gasteiger partial charge is 0.299 e. The molecule has 0 aliphatic rings. The molecule has 0 fully saturated rings. The summed E-state index contributed by atoms with van der Waals surface area (Å²) in [5, 5.41) is 6.74. The van der Waals surface area contributed by atoms with Gasteiger partial charge >= 0.3 is 0 Å². The molecule has 0 amide bonds. The first-order chi connectivity index (χ1) is 11.1. The van der Waals surface area contributed by atoms with Gasteiger partial charge in [-0.1, -0.05) is 42.5 Å². The maximum absolute atomic E-state index is 12.1. The summed E-state index contributed by atoms with van der Waals surface area (Å²) in [7, 11) is -3.64. The quantitative estimate of drug-likeness (QED) is 0.650. The minimum absolute atomic E-state index is 0.233. The average Bonchev–Trinajstić information content (AvgIpc) is 3.08. The van der Waals surface area contributed by atoms with Crippen LogP contribution in [0.25, 0.3) is 11.3 Å². The van der Waals surface area contributed by atoms with Crippen molar-refractivity contribution in [1.29, 1.82) is 0 Å². The van der Waals surface area contributed by atoms with Gasteiger partial charge in [0.05, 0.1) is 11.4 Å². The molecule has 0 saturated heterocycles. The summed E-state index contributed by atoms with van der Waals surface area (Å²) in [6.45, 7) is 0.233. The lowest BCUT2D eigenvalue weighted by Gasteiger charge is -2.10. The number of hydrogen-bond donors (Lipinski definition) is 3. The summed E-state index contributed by atoms with van der Waals surface area (Å²) >= 11 is 0. The molecule has 0 aliphatic heterocycles. The smallest absolute Gasteiger partial charge is 0.278 e. The zero-order valence-corrected chi connectivity index (χ0v) is 13.0. The molecule has 1 aromatic heterocycles. The lowest BCUT2D eigenvalue weighted by molar-refractivity contribution is 0.587. The van der Waals surface area contributed by atoms with Crippen LogP contribution in [0.5, 0.6) is 0 Å². The molecule has 6 nitrogen and oxygen atoms in total. The van der Waals surface area contributed by atoms with Crippen LogP contribution >= 0.6 is 0 Å². The summed E-state index contributed by atoms with van der Waals surface area (Å²) in [4.78, 5) is 0. The highest BCUT2D eigenvalue weighted by atomic mass is 32.2. The number of rotatable bonds is 6. The Morgan fingerprint density at radius 3 is 2.57 bits per heavy atom. The molecule has 3 rings (SSSR count). The van der Waals surface area contributed by atoms with Crippen molar-refractivity contribution in [3.05, 3.63) is 72.4 Å². The summed E-state index contributed by atoms with van der Waals surface area (Å²) in [5.74, 6) is 0. The van der Waals surface area contributed by atoms with Crippen LogP contribution in [0, 0.1) is 0 Å². The van der Waals surface area contributed by atoms with Crippen LogP contribution in [0.15, 0.2) is 66.9 Å². The molecule has 0 aliphatic carbocycles. The van der Waals surface area contributed by atoms with Crippen LogP contribution in [0.2, 0.25) is 0 Å². The highest BCUT2D eigenvalue weighted by Crippen LogP contribution is 2.20. The van der Waals surface area contributed by atoms with Gasteiger partial charge in [0.1, 0.15) is 0 Å². The van der Waals surface area contributed by atoms with E-state index in [1.165, 1.54) is 0 Å². The monoisotopic (exact) mass is 328 g/mol. The highest BCUT2D eigenvalue weighted by molar-refractivity contribution is 7.90. The van der Waals surface area contributed by atoms with E-state index in [0.717, 1.165) is 16.8 Å². The molecular formula is C16H16N4O2S. The number of hydrogen-bond acceptors (Lipinski definition) is 3. The third-order valence-electron chi connectivity index (χ3n) is 3.24. The minimum Gasteiger partial charge on any atom is -0.278 e. The van der Waals surface area contributed by atoms with Gasteiger partial charge in [-0.25, -0.2) is 0 Å². The number of aromatic amines is 1. The zero-order chi connectivity index (χ0) is 16.1. The Hall–Kier alpha value is -2.64. The second kappa shape index (κ2) is 6.64. The van der Waals surface area contributed by atoms with E-state index in [1.54, 1.807) is 24.4 Å². The average molecular weight is 328 g/mol. The predicted molar refractivity (Wildman–Crippen MR) is 89.8 cm³/mol. The van der Waals surface area contributed by atoms with Crippen molar-refractivity contribution in [2.45, 2.75) is 6.54 Å². The van der Waals surface area contributed by atoms with Crippen LogP contribution in [0.3, 0.4) is 0 Å². The van der Waals surface area contributed by atoms with Gasteiger partial charge in [-0.3, -0.25) is 9.82 Å². The van der Waals surface area contributed by atoms with E-state index < -0.39 is 10.2 Å². The molecule has 7 heteroatoms. The summed E-state index contributed by atoms with van der Waals surface area (Å²) in [5.41, 5.74) is 3.05. The fourth-order valence-electron chi connectivity index (χ4n) is 2.13. The van der Waals surface area contributed by atoms with Gasteiger partial charge in [0.2, 0.25) is 0 Å². The first-order valence-corrected chi connectivity index (χ1v) is 8.52. The molecule has 3 aromatic rings. The Labute approximate surface area is 134 Å². The second-order valence-corrected chi connectivity index (χ2v) is 6.46. The Morgan fingerprint density at radius 1 is 1.00 bits per heavy atom. The molecule has 23 heavy (non-hydrogen) atoms. The molecule has 3 N–H and O–H groups in total. The zero-order valence-electron chi connectivity index (χ0n) is 12.2. The van der Waals surface area contributed by atoms with E-state index in [0.29, 0.717) is 5.69 Å². The van der Waals surface area contributed by atoms with E-state index in [9.17, 15) is 8.42 Å². The molecule has 0 bridgehead atoms. The topological polar surface area (TPSA) is 86.9 Å². The fraction of sp³-hybridized carbons (Fsp3) is 0.0625. The van der Waals surface area contributed by atoms with E-state index in [1.807, 2.05) is 42.5 Å². The number of aromatic nitrogens is 2. The van der Waals surface area contributed by atoms with Gasteiger partial charge in [0.25, 0.3) is 10.2 Å². The third kappa shape index (κ3) is 4.18. The van der Waals surface area contributed by atoms with Crippen molar-refractivity contribution in [2.75, 3.05) is 4.72 Å². The predicted octanol–water partition coefficient (Wildman–Crippen LogP) is 2.52. The number of H-pyrrole nitrogens is 1. The van der Waals surface area contributed by atoms with Crippen LogP contribution in [0.4, 0.5) is 5.69 Å².